The van der Waals surface area contributed by atoms with Gasteiger partial charge in [0.25, 0.3) is 5.91 Å². The molecule has 0 unspecified atom stereocenters. The van der Waals surface area contributed by atoms with E-state index in [9.17, 15) is 9.59 Å². The molecule has 22 heavy (non-hydrogen) atoms. The molecule has 0 saturated carbocycles. The molecule has 0 bridgehead atoms. The van der Waals surface area contributed by atoms with Gasteiger partial charge in [0.15, 0.2) is 0 Å². The minimum Gasteiger partial charge on any atom is -0.384 e. The first-order valence-corrected chi connectivity index (χ1v) is 7.10. The number of methoxy groups -OCH3 is 1. The van der Waals surface area contributed by atoms with Gasteiger partial charge < -0.3 is 15.0 Å². The van der Waals surface area contributed by atoms with Crippen LogP contribution in [-0.4, -0.2) is 50.6 Å². The van der Waals surface area contributed by atoms with Gasteiger partial charge in [0, 0.05) is 38.7 Å². The first-order chi connectivity index (χ1) is 10.6. The Morgan fingerprint density at radius 2 is 2.05 bits per heavy atom. The number of hydrogen-bond donors (Lipinski definition) is 1. The van der Waals surface area contributed by atoms with Gasteiger partial charge in [-0.15, -0.1) is 0 Å². The van der Waals surface area contributed by atoms with E-state index in [-0.39, 0.29) is 23.7 Å². The molecule has 1 saturated heterocycles. The smallest absolute Gasteiger partial charge is 0.253 e. The van der Waals surface area contributed by atoms with Gasteiger partial charge in [0.05, 0.1) is 24.2 Å². The van der Waals surface area contributed by atoms with Crippen LogP contribution < -0.4 is 5.32 Å². The highest BCUT2D eigenvalue weighted by Gasteiger charge is 2.39. The Labute approximate surface area is 129 Å². The number of benzene rings is 1. The van der Waals surface area contributed by atoms with Crippen LogP contribution in [-0.2, 0) is 9.53 Å². The molecule has 116 valence electrons. The standard InChI is InChI=1S/C16H19N3O3/c1-18-15(20)14-9-19(8-13(14)10-22-2)16(21)12-5-3-11(7-17)4-6-12/h3-6,13-14H,8-10H2,1-2H3,(H,18,20)/t13-,14+/m0/s1. The molecule has 2 rings (SSSR count). The largest absolute Gasteiger partial charge is 0.384 e. The maximum absolute atomic E-state index is 12.5. The van der Waals surface area contributed by atoms with Crippen molar-refractivity contribution in [1.29, 1.82) is 5.26 Å². The van der Waals surface area contributed by atoms with Crippen LogP contribution in [0.1, 0.15) is 15.9 Å². The van der Waals surface area contributed by atoms with Gasteiger partial charge in [0.2, 0.25) is 5.91 Å². The SMILES string of the molecule is CNC(=O)[C@@H]1CN(C(=O)c2ccc(C#N)cc2)C[C@H]1COC. The van der Waals surface area contributed by atoms with Crippen LogP contribution in [0.25, 0.3) is 0 Å². The summed E-state index contributed by atoms with van der Waals surface area (Å²) in [5.74, 6) is -0.464. The van der Waals surface area contributed by atoms with Crippen molar-refractivity contribution in [2.75, 3.05) is 33.9 Å². The fourth-order valence-electron chi connectivity index (χ4n) is 2.77. The van der Waals surface area contributed by atoms with Crippen molar-refractivity contribution in [3.05, 3.63) is 35.4 Å². The molecule has 1 aliphatic heterocycles. The second kappa shape index (κ2) is 7.05. The molecular formula is C16H19N3O3. The van der Waals surface area contributed by atoms with Gasteiger partial charge in [-0.05, 0) is 24.3 Å². The number of likely N-dealkylation sites (tertiary alicyclic amines) is 1. The molecule has 0 aromatic heterocycles. The Kier molecular flexibility index (Phi) is 5.12. The van der Waals surface area contributed by atoms with Crippen molar-refractivity contribution in [3.8, 4) is 6.07 Å². The average molecular weight is 301 g/mol. The fraction of sp³-hybridized carbons (Fsp3) is 0.438. The molecule has 0 aliphatic carbocycles. The first-order valence-electron chi connectivity index (χ1n) is 7.10. The number of rotatable bonds is 4. The molecule has 0 spiro atoms. The molecule has 2 atom stereocenters. The Bertz CT molecular complexity index is 592. The quantitative estimate of drug-likeness (QED) is 0.884. The van der Waals surface area contributed by atoms with E-state index in [0.717, 1.165) is 0 Å². The maximum Gasteiger partial charge on any atom is 0.253 e. The van der Waals surface area contributed by atoms with Crippen LogP contribution in [0, 0.1) is 23.2 Å². The zero-order valence-electron chi connectivity index (χ0n) is 12.7. The highest BCUT2D eigenvalue weighted by atomic mass is 16.5. The summed E-state index contributed by atoms with van der Waals surface area (Å²) in [6.45, 7) is 1.31. The van der Waals surface area contributed by atoms with Gasteiger partial charge in [-0.2, -0.15) is 5.26 Å². The number of nitrogens with one attached hydrogen (secondary N) is 1. The third kappa shape index (κ3) is 3.26. The van der Waals surface area contributed by atoms with Gasteiger partial charge in [0.1, 0.15) is 0 Å². The summed E-state index contributed by atoms with van der Waals surface area (Å²) in [6.07, 6.45) is 0. The number of carbonyl (C=O) groups is 2. The highest BCUT2D eigenvalue weighted by Crippen LogP contribution is 2.25. The number of hydrogen-bond acceptors (Lipinski definition) is 4. The Balaban J connectivity index is 2.13. The molecule has 2 amide bonds. The predicted octanol–water partition coefficient (Wildman–Crippen LogP) is 0.639. The van der Waals surface area contributed by atoms with Crippen molar-refractivity contribution in [3.63, 3.8) is 0 Å². The van der Waals surface area contributed by atoms with Crippen molar-refractivity contribution in [2.24, 2.45) is 11.8 Å². The summed E-state index contributed by atoms with van der Waals surface area (Å²) in [5.41, 5.74) is 1.03. The second-order valence-electron chi connectivity index (χ2n) is 5.34. The Hall–Kier alpha value is -2.39. The lowest BCUT2D eigenvalue weighted by molar-refractivity contribution is -0.125. The molecule has 1 aliphatic rings. The molecule has 0 radical (unpaired) electrons. The zero-order chi connectivity index (χ0) is 16.1. The fourth-order valence-corrected chi connectivity index (χ4v) is 2.77. The zero-order valence-corrected chi connectivity index (χ0v) is 12.7. The van der Waals surface area contributed by atoms with Crippen LogP contribution in [0.4, 0.5) is 0 Å². The van der Waals surface area contributed by atoms with E-state index in [1.807, 2.05) is 6.07 Å². The van der Waals surface area contributed by atoms with Crippen LogP contribution in [0.5, 0.6) is 0 Å². The highest BCUT2D eigenvalue weighted by molar-refractivity contribution is 5.95. The maximum atomic E-state index is 12.5. The van der Waals surface area contributed by atoms with Gasteiger partial charge in [-0.3, -0.25) is 9.59 Å². The van der Waals surface area contributed by atoms with E-state index in [2.05, 4.69) is 5.32 Å². The van der Waals surface area contributed by atoms with E-state index >= 15 is 0 Å². The summed E-state index contributed by atoms with van der Waals surface area (Å²) >= 11 is 0. The average Bonchev–Trinajstić information content (AvgIpc) is 2.98. The molecular weight excluding hydrogens is 282 g/mol. The summed E-state index contributed by atoms with van der Waals surface area (Å²) in [4.78, 5) is 26.1. The molecule has 6 heteroatoms. The van der Waals surface area contributed by atoms with Gasteiger partial charge in [-0.1, -0.05) is 0 Å². The number of carbonyl (C=O) groups excluding carboxylic acids is 2. The molecule has 1 aromatic rings. The Morgan fingerprint density at radius 3 is 2.59 bits per heavy atom. The Morgan fingerprint density at radius 1 is 1.36 bits per heavy atom. The third-order valence-corrected chi connectivity index (χ3v) is 3.95. The van der Waals surface area contributed by atoms with E-state index in [1.165, 1.54) is 0 Å². The molecule has 1 N–H and O–H groups in total. The number of ether oxygens (including phenoxy) is 1. The summed E-state index contributed by atoms with van der Waals surface area (Å²) < 4.78 is 5.16. The predicted molar refractivity (Wildman–Crippen MR) is 80.0 cm³/mol. The topological polar surface area (TPSA) is 82.4 Å². The molecule has 6 nitrogen and oxygen atoms in total. The van der Waals surface area contributed by atoms with Crippen molar-refractivity contribution in [2.45, 2.75) is 0 Å². The summed E-state index contributed by atoms with van der Waals surface area (Å²) in [6, 6.07) is 8.53. The lowest BCUT2D eigenvalue weighted by Gasteiger charge is -2.16. The van der Waals surface area contributed by atoms with Gasteiger partial charge in [-0.25, -0.2) is 0 Å². The van der Waals surface area contributed by atoms with E-state index < -0.39 is 0 Å². The van der Waals surface area contributed by atoms with E-state index in [4.69, 9.17) is 10.00 Å². The van der Waals surface area contributed by atoms with Crippen molar-refractivity contribution >= 4 is 11.8 Å². The summed E-state index contributed by atoms with van der Waals surface area (Å²) in [5, 5.41) is 11.4. The number of nitriles is 1. The minimum atomic E-state index is -0.257. The number of nitrogens with zero attached hydrogens (tertiary/aromatic N) is 2. The molecule has 1 heterocycles. The lowest BCUT2D eigenvalue weighted by Crippen LogP contribution is -2.34. The lowest BCUT2D eigenvalue weighted by atomic mass is 9.96. The normalized spacial score (nSPS) is 20.5. The van der Waals surface area contributed by atoms with Crippen molar-refractivity contribution in [1.82, 2.24) is 10.2 Å². The first kappa shape index (κ1) is 16.0. The minimum absolute atomic E-state index is 0.00715. The second-order valence-corrected chi connectivity index (χ2v) is 5.34. The third-order valence-electron chi connectivity index (χ3n) is 3.95. The molecule has 1 fully saturated rings. The monoisotopic (exact) mass is 301 g/mol. The number of amides is 2. The van der Waals surface area contributed by atoms with Crippen LogP contribution in [0.2, 0.25) is 0 Å². The van der Waals surface area contributed by atoms with Crippen LogP contribution in [0.3, 0.4) is 0 Å². The summed E-state index contributed by atoms with van der Waals surface area (Å²) in [7, 11) is 3.18. The van der Waals surface area contributed by atoms with Crippen LogP contribution >= 0.6 is 0 Å². The van der Waals surface area contributed by atoms with E-state index in [0.29, 0.717) is 30.8 Å². The van der Waals surface area contributed by atoms with Crippen molar-refractivity contribution < 1.29 is 14.3 Å². The molecule has 1 aromatic carbocycles. The van der Waals surface area contributed by atoms with Gasteiger partial charge >= 0.3 is 0 Å². The van der Waals surface area contributed by atoms with Crippen LogP contribution in [0.15, 0.2) is 24.3 Å². The van der Waals surface area contributed by atoms with E-state index in [1.54, 1.807) is 43.3 Å².